The zero-order valence-corrected chi connectivity index (χ0v) is 13.2. The van der Waals surface area contributed by atoms with Crippen molar-refractivity contribution in [3.05, 3.63) is 48.0 Å². The van der Waals surface area contributed by atoms with Crippen molar-refractivity contribution in [2.75, 3.05) is 11.9 Å². The lowest BCUT2D eigenvalue weighted by Crippen LogP contribution is -2.26. The molecule has 2 aromatic carbocycles. The van der Waals surface area contributed by atoms with Gasteiger partial charge in [-0.3, -0.25) is 4.79 Å². The molecule has 0 bridgehead atoms. The van der Waals surface area contributed by atoms with Gasteiger partial charge >= 0.3 is 0 Å². The Morgan fingerprint density at radius 2 is 1.80 bits per heavy atom. The molecule has 0 radical (unpaired) electrons. The van der Waals surface area contributed by atoms with Crippen LogP contribution in [0.25, 0.3) is 10.8 Å². The van der Waals surface area contributed by atoms with Crippen molar-refractivity contribution < 1.29 is 4.79 Å². The van der Waals surface area contributed by atoms with Gasteiger partial charge < -0.3 is 5.32 Å². The second kappa shape index (κ2) is 8.05. The Labute approximate surface area is 128 Å². The fraction of sp³-hybridized carbons (Fsp3) is 0.353. The Bertz CT molecular complexity index is 562. The van der Waals surface area contributed by atoms with Gasteiger partial charge in [-0.2, -0.15) is 0 Å². The third kappa shape index (κ3) is 4.34. The molecule has 0 saturated carbocycles. The smallest absolute Gasteiger partial charge is 0.224 e. The maximum Gasteiger partial charge on any atom is 0.224 e. The van der Waals surface area contributed by atoms with Gasteiger partial charge in [0.2, 0.25) is 5.91 Å². The molecule has 0 saturated heterocycles. The highest BCUT2D eigenvalue weighted by Crippen LogP contribution is 2.18. The topological polar surface area (TPSA) is 29.1 Å². The molecule has 0 aliphatic heterocycles. The quantitative estimate of drug-likeness (QED) is 0.600. The highest BCUT2D eigenvalue weighted by atomic mass is 79.9. The molecule has 0 aliphatic carbocycles. The minimum atomic E-state index is 0.111. The number of amides is 1. The Morgan fingerprint density at radius 1 is 1.00 bits per heavy atom. The lowest BCUT2D eigenvalue weighted by Gasteiger charge is -2.07. The number of hydrogen-bond acceptors (Lipinski definition) is 1. The predicted octanol–water partition coefficient (Wildman–Crippen LogP) is 4.06. The zero-order valence-electron chi connectivity index (χ0n) is 11.6. The molecular weight excluding hydrogens is 314 g/mol. The van der Waals surface area contributed by atoms with E-state index in [0.717, 1.165) is 30.3 Å². The lowest BCUT2D eigenvalue weighted by molar-refractivity contribution is -0.120. The van der Waals surface area contributed by atoms with Crippen molar-refractivity contribution in [1.82, 2.24) is 5.32 Å². The minimum Gasteiger partial charge on any atom is -0.356 e. The van der Waals surface area contributed by atoms with E-state index in [2.05, 4.69) is 39.4 Å². The number of carbonyl (C=O) groups excluding carboxylic acids is 1. The summed E-state index contributed by atoms with van der Waals surface area (Å²) in [5.41, 5.74) is 1.10. The van der Waals surface area contributed by atoms with E-state index >= 15 is 0 Å². The standard InChI is InChI=1S/C17H20BrNO/c18-11-4-1-5-12-19-17(20)13-15-9-6-8-14-7-2-3-10-16(14)15/h2-3,6-10H,1,4-5,11-13H2,(H,19,20). The second-order valence-electron chi connectivity index (χ2n) is 4.91. The molecule has 0 atom stereocenters. The van der Waals surface area contributed by atoms with Crippen molar-refractivity contribution in [1.29, 1.82) is 0 Å². The average Bonchev–Trinajstić information content (AvgIpc) is 2.47. The van der Waals surface area contributed by atoms with E-state index in [1.807, 2.05) is 24.3 Å². The van der Waals surface area contributed by atoms with E-state index in [0.29, 0.717) is 6.42 Å². The number of halogens is 1. The van der Waals surface area contributed by atoms with Gasteiger partial charge in [-0.05, 0) is 29.2 Å². The Balaban J connectivity index is 1.90. The summed E-state index contributed by atoms with van der Waals surface area (Å²) >= 11 is 3.41. The molecule has 0 aliphatic rings. The zero-order chi connectivity index (χ0) is 14.2. The van der Waals surface area contributed by atoms with Crippen molar-refractivity contribution in [2.45, 2.75) is 25.7 Å². The SMILES string of the molecule is O=C(Cc1cccc2ccccc12)NCCCCCBr. The van der Waals surface area contributed by atoms with Crippen LogP contribution >= 0.6 is 15.9 Å². The molecule has 1 N–H and O–H groups in total. The molecule has 106 valence electrons. The largest absolute Gasteiger partial charge is 0.356 e. The van der Waals surface area contributed by atoms with Gasteiger partial charge in [-0.1, -0.05) is 64.8 Å². The Kier molecular flexibility index (Phi) is 6.06. The molecule has 2 aromatic rings. The molecule has 3 heteroatoms. The molecule has 0 fully saturated rings. The average molecular weight is 334 g/mol. The van der Waals surface area contributed by atoms with Crippen LogP contribution in [0.5, 0.6) is 0 Å². The first-order valence-corrected chi connectivity index (χ1v) is 8.22. The molecule has 20 heavy (non-hydrogen) atoms. The van der Waals surface area contributed by atoms with E-state index in [9.17, 15) is 4.79 Å². The third-order valence-electron chi connectivity index (χ3n) is 3.36. The number of unbranched alkanes of at least 4 members (excludes halogenated alkanes) is 2. The molecule has 2 nitrogen and oxygen atoms in total. The summed E-state index contributed by atoms with van der Waals surface area (Å²) in [5, 5.41) is 6.40. The van der Waals surface area contributed by atoms with E-state index in [4.69, 9.17) is 0 Å². The summed E-state index contributed by atoms with van der Waals surface area (Å²) in [4.78, 5) is 12.0. The van der Waals surface area contributed by atoms with Gasteiger partial charge in [0, 0.05) is 11.9 Å². The van der Waals surface area contributed by atoms with Crippen LogP contribution in [0.1, 0.15) is 24.8 Å². The number of hydrogen-bond donors (Lipinski definition) is 1. The van der Waals surface area contributed by atoms with E-state index in [1.54, 1.807) is 0 Å². The molecule has 2 rings (SSSR count). The van der Waals surface area contributed by atoms with Gasteiger partial charge in [0.15, 0.2) is 0 Å². The van der Waals surface area contributed by atoms with Crippen molar-refractivity contribution in [3.63, 3.8) is 0 Å². The predicted molar refractivity (Wildman–Crippen MR) is 88.3 cm³/mol. The number of carbonyl (C=O) groups is 1. The number of fused-ring (bicyclic) bond motifs is 1. The molecule has 0 aromatic heterocycles. The summed E-state index contributed by atoms with van der Waals surface area (Å²) in [6, 6.07) is 14.3. The van der Waals surface area contributed by atoms with Gasteiger partial charge in [-0.25, -0.2) is 0 Å². The highest BCUT2D eigenvalue weighted by molar-refractivity contribution is 9.09. The molecule has 0 spiro atoms. The Hall–Kier alpha value is -1.35. The van der Waals surface area contributed by atoms with Gasteiger partial charge in [0.05, 0.1) is 6.42 Å². The summed E-state index contributed by atoms with van der Waals surface area (Å²) in [7, 11) is 0. The summed E-state index contributed by atoms with van der Waals surface area (Å²) in [6.45, 7) is 0.774. The van der Waals surface area contributed by atoms with Crippen LogP contribution in [0.15, 0.2) is 42.5 Å². The fourth-order valence-electron chi connectivity index (χ4n) is 2.31. The van der Waals surface area contributed by atoms with E-state index < -0.39 is 0 Å². The number of rotatable bonds is 7. The highest BCUT2D eigenvalue weighted by Gasteiger charge is 2.06. The number of alkyl halides is 1. The number of benzene rings is 2. The van der Waals surface area contributed by atoms with Crippen molar-refractivity contribution in [3.8, 4) is 0 Å². The second-order valence-corrected chi connectivity index (χ2v) is 5.71. The van der Waals surface area contributed by atoms with E-state index in [-0.39, 0.29) is 5.91 Å². The first-order chi connectivity index (χ1) is 9.81. The number of nitrogens with one attached hydrogen (secondary N) is 1. The molecule has 0 unspecified atom stereocenters. The molecular formula is C17H20BrNO. The van der Waals surface area contributed by atoms with Crippen LogP contribution in [0.3, 0.4) is 0 Å². The lowest BCUT2D eigenvalue weighted by atomic mass is 10.0. The minimum absolute atomic E-state index is 0.111. The van der Waals surface area contributed by atoms with Gasteiger partial charge in [0.1, 0.15) is 0 Å². The normalized spacial score (nSPS) is 10.7. The molecule has 1 amide bonds. The van der Waals surface area contributed by atoms with Crippen molar-refractivity contribution >= 4 is 32.6 Å². The maximum absolute atomic E-state index is 12.0. The summed E-state index contributed by atoms with van der Waals surface area (Å²) < 4.78 is 0. The first-order valence-electron chi connectivity index (χ1n) is 7.10. The third-order valence-corrected chi connectivity index (χ3v) is 3.92. The Morgan fingerprint density at radius 3 is 2.65 bits per heavy atom. The van der Waals surface area contributed by atoms with Gasteiger partial charge in [-0.15, -0.1) is 0 Å². The van der Waals surface area contributed by atoms with Crippen LogP contribution in [-0.4, -0.2) is 17.8 Å². The van der Waals surface area contributed by atoms with Crippen LogP contribution in [-0.2, 0) is 11.2 Å². The monoisotopic (exact) mass is 333 g/mol. The first kappa shape index (κ1) is 15.0. The van der Waals surface area contributed by atoms with E-state index in [1.165, 1.54) is 17.2 Å². The van der Waals surface area contributed by atoms with Gasteiger partial charge in [0.25, 0.3) is 0 Å². The summed E-state index contributed by atoms with van der Waals surface area (Å²) in [6.07, 6.45) is 3.83. The summed E-state index contributed by atoms with van der Waals surface area (Å²) in [5.74, 6) is 0.111. The molecule has 0 heterocycles. The fourth-order valence-corrected chi connectivity index (χ4v) is 2.70. The van der Waals surface area contributed by atoms with Crippen LogP contribution in [0.2, 0.25) is 0 Å². The van der Waals surface area contributed by atoms with Crippen LogP contribution < -0.4 is 5.32 Å². The van der Waals surface area contributed by atoms with Crippen LogP contribution in [0.4, 0.5) is 0 Å². The van der Waals surface area contributed by atoms with Crippen LogP contribution in [0, 0.1) is 0 Å². The van der Waals surface area contributed by atoms with Crippen molar-refractivity contribution in [2.24, 2.45) is 0 Å². The maximum atomic E-state index is 12.0.